The van der Waals surface area contributed by atoms with E-state index in [1.807, 2.05) is 18.1 Å². The topological polar surface area (TPSA) is 30.9 Å². The van der Waals surface area contributed by atoms with Crippen molar-refractivity contribution in [1.29, 1.82) is 0 Å². The van der Waals surface area contributed by atoms with Crippen LogP contribution in [0.2, 0.25) is 0 Å². The number of ether oxygens (including phenoxy) is 2. The van der Waals surface area contributed by atoms with Gasteiger partial charge in [0.25, 0.3) is 0 Å². The molecule has 0 radical (unpaired) electrons. The third-order valence-corrected chi connectivity index (χ3v) is 6.02. The molecule has 0 bridgehead atoms. The monoisotopic (exact) mass is 339 g/mol. The molecule has 1 aliphatic carbocycles. The Hall–Kier alpha value is -0.420. The van der Waals surface area contributed by atoms with Gasteiger partial charge in [-0.25, -0.2) is 0 Å². The van der Waals surface area contributed by atoms with E-state index in [1.54, 1.807) is 0 Å². The van der Waals surface area contributed by atoms with Gasteiger partial charge in [-0.15, -0.1) is 6.58 Å². The van der Waals surface area contributed by atoms with E-state index < -0.39 is 0 Å². The molecular weight excluding hydrogens is 302 g/mol. The van der Waals surface area contributed by atoms with Crippen LogP contribution in [0.1, 0.15) is 66.2 Å². The molecule has 1 atom stereocenters. The molecule has 1 spiro atoms. The van der Waals surface area contributed by atoms with Crippen molar-refractivity contribution in [3.8, 4) is 0 Å². The minimum atomic E-state index is -0.306. The van der Waals surface area contributed by atoms with Gasteiger partial charge in [0, 0.05) is 25.9 Å². The van der Waals surface area contributed by atoms with Crippen LogP contribution in [0.25, 0.3) is 0 Å². The number of hydroxylamine groups is 2. The second-order valence-corrected chi connectivity index (χ2v) is 7.96. The van der Waals surface area contributed by atoms with Crippen LogP contribution in [0, 0.1) is 11.3 Å². The lowest BCUT2D eigenvalue weighted by Crippen LogP contribution is -2.39. The molecule has 0 aromatic heterocycles. The van der Waals surface area contributed by atoms with Crippen LogP contribution in [0.4, 0.5) is 0 Å². The zero-order chi connectivity index (χ0) is 17.6. The second kappa shape index (κ2) is 8.79. The van der Waals surface area contributed by atoms with Crippen LogP contribution < -0.4 is 0 Å². The van der Waals surface area contributed by atoms with Crippen molar-refractivity contribution in [3.63, 3.8) is 0 Å². The van der Waals surface area contributed by atoms with Crippen LogP contribution in [-0.2, 0) is 14.3 Å². The van der Waals surface area contributed by atoms with Crippen LogP contribution in [-0.4, -0.2) is 43.3 Å². The van der Waals surface area contributed by atoms with Crippen LogP contribution in [0.15, 0.2) is 12.7 Å². The molecule has 1 unspecified atom stereocenters. The number of nitrogens with zero attached hydrogens (tertiary/aromatic N) is 1. The average Bonchev–Trinajstić information content (AvgIpc) is 2.96. The van der Waals surface area contributed by atoms with E-state index in [1.165, 1.54) is 19.3 Å². The molecule has 24 heavy (non-hydrogen) atoms. The Morgan fingerprint density at radius 3 is 2.58 bits per heavy atom. The Kier molecular flexibility index (Phi) is 7.29. The van der Waals surface area contributed by atoms with Crippen molar-refractivity contribution >= 4 is 0 Å². The first-order valence-corrected chi connectivity index (χ1v) is 9.75. The van der Waals surface area contributed by atoms with E-state index in [4.69, 9.17) is 14.3 Å². The summed E-state index contributed by atoms with van der Waals surface area (Å²) in [7, 11) is 0. The third kappa shape index (κ3) is 5.04. The quantitative estimate of drug-likeness (QED) is 0.455. The summed E-state index contributed by atoms with van der Waals surface area (Å²) < 4.78 is 12.5. The van der Waals surface area contributed by atoms with Gasteiger partial charge in [0.2, 0.25) is 0 Å². The van der Waals surface area contributed by atoms with Crippen LogP contribution >= 0.6 is 0 Å². The Labute approximate surface area is 148 Å². The molecule has 2 aliphatic rings. The summed E-state index contributed by atoms with van der Waals surface area (Å²) >= 11 is 0. The molecule has 1 heterocycles. The third-order valence-electron chi connectivity index (χ3n) is 6.02. The van der Waals surface area contributed by atoms with Crippen LogP contribution in [0.5, 0.6) is 0 Å². The SMILES string of the molecule is C=CCN(CCC1COC2(CCC(C(C)(C)CC)CC2)O1)OCC. The summed E-state index contributed by atoms with van der Waals surface area (Å²) in [5.41, 5.74) is 0.433. The minimum absolute atomic E-state index is 0.188. The molecule has 140 valence electrons. The van der Waals surface area contributed by atoms with Crippen molar-refractivity contribution in [1.82, 2.24) is 5.06 Å². The normalized spacial score (nSPS) is 31.0. The van der Waals surface area contributed by atoms with Gasteiger partial charge in [-0.2, -0.15) is 5.06 Å². The highest BCUT2D eigenvalue weighted by Gasteiger charge is 2.46. The van der Waals surface area contributed by atoms with Gasteiger partial charge in [0.1, 0.15) is 0 Å². The summed E-state index contributed by atoms with van der Waals surface area (Å²) in [5.74, 6) is 0.486. The van der Waals surface area contributed by atoms with Gasteiger partial charge in [-0.05, 0) is 37.5 Å². The highest BCUT2D eigenvalue weighted by molar-refractivity contribution is 4.89. The molecular formula is C20H37NO3. The summed E-state index contributed by atoms with van der Waals surface area (Å²) in [5, 5.41) is 1.96. The fourth-order valence-corrected chi connectivity index (χ4v) is 3.97. The highest BCUT2D eigenvalue weighted by atomic mass is 16.7. The van der Waals surface area contributed by atoms with Crippen molar-refractivity contribution in [2.24, 2.45) is 11.3 Å². The predicted molar refractivity (Wildman–Crippen MR) is 97.6 cm³/mol. The second-order valence-electron chi connectivity index (χ2n) is 7.96. The van der Waals surface area contributed by atoms with Gasteiger partial charge < -0.3 is 9.47 Å². The van der Waals surface area contributed by atoms with Gasteiger partial charge in [-0.3, -0.25) is 4.84 Å². The Morgan fingerprint density at radius 1 is 1.29 bits per heavy atom. The predicted octanol–water partition coefficient (Wildman–Crippen LogP) is 4.55. The molecule has 2 rings (SSSR count). The molecule has 4 nitrogen and oxygen atoms in total. The lowest BCUT2D eigenvalue weighted by atomic mass is 9.68. The number of hydrogen-bond acceptors (Lipinski definition) is 4. The highest BCUT2D eigenvalue weighted by Crippen LogP contribution is 2.47. The van der Waals surface area contributed by atoms with E-state index in [2.05, 4.69) is 27.4 Å². The molecule has 0 aromatic rings. The first kappa shape index (κ1) is 19.9. The molecule has 1 saturated carbocycles. The molecule has 0 aromatic carbocycles. The lowest BCUT2D eigenvalue weighted by Gasteiger charge is -2.42. The summed E-state index contributed by atoms with van der Waals surface area (Å²) in [4.78, 5) is 5.61. The minimum Gasteiger partial charge on any atom is -0.347 e. The van der Waals surface area contributed by atoms with Crippen molar-refractivity contribution in [3.05, 3.63) is 12.7 Å². The molecule has 1 aliphatic heterocycles. The van der Waals surface area contributed by atoms with Crippen LogP contribution in [0.3, 0.4) is 0 Å². The summed E-state index contributed by atoms with van der Waals surface area (Å²) in [6.07, 6.45) is 8.77. The Morgan fingerprint density at radius 2 is 2.00 bits per heavy atom. The van der Waals surface area contributed by atoms with Gasteiger partial charge in [0.05, 0.1) is 19.3 Å². The van der Waals surface area contributed by atoms with E-state index in [9.17, 15) is 0 Å². The van der Waals surface area contributed by atoms with Gasteiger partial charge >= 0.3 is 0 Å². The zero-order valence-electron chi connectivity index (χ0n) is 16.2. The van der Waals surface area contributed by atoms with E-state index >= 15 is 0 Å². The molecule has 0 amide bonds. The summed E-state index contributed by atoms with van der Waals surface area (Å²) in [6, 6.07) is 0. The average molecular weight is 340 g/mol. The smallest absolute Gasteiger partial charge is 0.168 e. The van der Waals surface area contributed by atoms with E-state index in [0.29, 0.717) is 12.0 Å². The Bertz CT molecular complexity index is 388. The lowest BCUT2D eigenvalue weighted by molar-refractivity contribution is -0.200. The van der Waals surface area contributed by atoms with Crippen molar-refractivity contribution in [2.45, 2.75) is 78.1 Å². The fourth-order valence-electron chi connectivity index (χ4n) is 3.97. The standard InChI is InChI=1S/C20H37NO3/c1-6-14-21(23-8-3)15-11-18-16-22-20(24-18)12-9-17(10-13-20)19(4,5)7-2/h6,17-18H,1,7-16H2,2-5H3. The maximum atomic E-state index is 6.36. The zero-order valence-corrected chi connectivity index (χ0v) is 16.2. The molecule has 0 N–H and O–H groups in total. The van der Waals surface area contributed by atoms with Gasteiger partial charge in [0.15, 0.2) is 5.79 Å². The first-order valence-electron chi connectivity index (χ1n) is 9.75. The fraction of sp³-hybridized carbons (Fsp3) is 0.900. The molecule has 4 heteroatoms. The molecule has 2 fully saturated rings. The van der Waals surface area contributed by atoms with Crippen molar-refractivity contribution < 1.29 is 14.3 Å². The number of hydrogen-bond donors (Lipinski definition) is 0. The largest absolute Gasteiger partial charge is 0.347 e. The number of rotatable bonds is 9. The molecule has 1 saturated heterocycles. The van der Waals surface area contributed by atoms with E-state index in [0.717, 1.165) is 44.9 Å². The van der Waals surface area contributed by atoms with Crippen molar-refractivity contribution in [2.75, 3.05) is 26.3 Å². The van der Waals surface area contributed by atoms with E-state index in [-0.39, 0.29) is 11.9 Å². The summed E-state index contributed by atoms with van der Waals surface area (Å²) in [6.45, 7) is 15.9. The maximum Gasteiger partial charge on any atom is 0.168 e. The first-order chi connectivity index (χ1) is 11.4. The Balaban J connectivity index is 1.78. The maximum absolute atomic E-state index is 6.36. The van der Waals surface area contributed by atoms with Gasteiger partial charge in [-0.1, -0.05) is 33.3 Å².